The van der Waals surface area contributed by atoms with Crippen LogP contribution in [0.15, 0.2) is 30.5 Å². The highest BCUT2D eigenvalue weighted by molar-refractivity contribution is 5.29. The number of rotatable bonds is 4. The van der Waals surface area contributed by atoms with Crippen LogP contribution in [0.5, 0.6) is 0 Å². The largest absolute Gasteiger partial charge is 0.325 e. The van der Waals surface area contributed by atoms with Gasteiger partial charge in [-0.3, -0.25) is 5.10 Å². The van der Waals surface area contributed by atoms with Crippen LogP contribution in [-0.4, -0.2) is 19.6 Å². The van der Waals surface area contributed by atoms with Gasteiger partial charge < -0.3 is 5.73 Å². The van der Waals surface area contributed by atoms with Crippen molar-refractivity contribution in [3.05, 3.63) is 53.4 Å². The average molecular weight is 259 g/mol. The molecule has 5 nitrogen and oxygen atoms in total. The molecule has 0 amide bonds. The monoisotopic (exact) mass is 259 g/mol. The summed E-state index contributed by atoms with van der Waals surface area (Å²) >= 11 is 0. The van der Waals surface area contributed by atoms with Gasteiger partial charge in [0, 0.05) is 13.0 Å². The van der Waals surface area contributed by atoms with E-state index >= 15 is 0 Å². The number of hydrogen-bond acceptors (Lipinski definition) is 3. The number of H-pyrrole nitrogens is 1. The molecule has 2 aromatic heterocycles. The molecule has 1 aromatic carbocycles. The smallest absolute Gasteiger partial charge is 0.250 e. The highest BCUT2D eigenvalue weighted by Gasteiger charge is 2.07. The van der Waals surface area contributed by atoms with E-state index in [2.05, 4.69) is 15.1 Å². The Morgan fingerprint density at radius 3 is 2.79 bits per heavy atom. The van der Waals surface area contributed by atoms with E-state index in [4.69, 9.17) is 5.73 Å². The molecule has 0 spiro atoms. The Kier molecular flexibility index (Phi) is 3.00. The van der Waals surface area contributed by atoms with E-state index in [1.54, 1.807) is 16.6 Å². The van der Waals surface area contributed by atoms with Crippen molar-refractivity contribution in [2.45, 2.75) is 19.4 Å². The predicted octanol–water partition coefficient (Wildman–Crippen LogP) is 1.44. The third kappa shape index (κ3) is 2.34. The Morgan fingerprint density at radius 2 is 2.05 bits per heavy atom. The number of imidazole rings is 1. The fourth-order valence-electron chi connectivity index (χ4n) is 2.03. The Balaban J connectivity index is 1.75. The van der Waals surface area contributed by atoms with Crippen LogP contribution in [0.25, 0.3) is 5.78 Å². The molecule has 3 rings (SSSR count). The first-order chi connectivity index (χ1) is 9.26. The second-order valence-corrected chi connectivity index (χ2v) is 4.37. The van der Waals surface area contributed by atoms with Crippen LogP contribution >= 0.6 is 0 Å². The molecule has 0 bridgehead atoms. The standard InChI is InChI=1S/C13H14FN5/c14-11-4-2-1-3-9(11)5-6-12-17-13-16-10(7-15)8-19(13)18-12/h1-4,8H,5-7,15H2,(H,16,17,18). The van der Waals surface area contributed by atoms with Gasteiger partial charge >= 0.3 is 0 Å². The van der Waals surface area contributed by atoms with E-state index in [1.807, 2.05) is 12.3 Å². The first kappa shape index (κ1) is 11.9. The SMILES string of the molecule is NCc1cn2[nH]c(CCc3ccccc3F)nc2n1. The fraction of sp³-hybridized carbons (Fsp3) is 0.231. The highest BCUT2D eigenvalue weighted by atomic mass is 19.1. The van der Waals surface area contributed by atoms with Gasteiger partial charge in [0.25, 0.3) is 5.78 Å². The van der Waals surface area contributed by atoms with Crippen LogP contribution in [0.2, 0.25) is 0 Å². The van der Waals surface area contributed by atoms with E-state index < -0.39 is 0 Å². The van der Waals surface area contributed by atoms with Crippen LogP contribution in [-0.2, 0) is 19.4 Å². The van der Waals surface area contributed by atoms with E-state index in [0.717, 1.165) is 11.5 Å². The molecular formula is C13H14FN5. The number of aryl methyl sites for hydroxylation is 2. The highest BCUT2D eigenvalue weighted by Crippen LogP contribution is 2.10. The number of fused-ring (bicyclic) bond motifs is 1. The quantitative estimate of drug-likeness (QED) is 0.744. The predicted molar refractivity (Wildman–Crippen MR) is 69.0 cm³/mol. The van der Waals surface area contributed by atoms with Crippen molar-refractivity contribution < 1.29 is 4.39 Å². The van der Waals surface area contributed by atoms with Gasteiger partial charge in [-0.1, -0.05) is 18.2 Å². The Labute approximate surface area is 109 Å². The molecule has 0 saturated carbocycles. The number of aromatic nitrogens is 4. The van der Waals surface area contributed by atoms with Gasteiger partial charge in [-0.25, -0.2) is 13.9 Å². The van der Waals surface area contributed by atoms with Gasteiger partial charge in [-0.05, 0) is 18.1 Å². The molecule has 0 saturated heterocycles. The van der Waals surface area contributed by atoms with Gasteiger partial charge in [0.15, 0.2) is 0 Å². The Morgan fingerprint density at radius 1 is 1.21 bits per heavy atom. The molecule has 0 aliphatic heterocycles. The lowest BCUT2D eigenvalue weighted by Crippen LogP contribution is -1.98. The van der Waals surface area contributed by atoms with Crippen molar-refractivity contribution in [3.63, 3.8) is 0 Å². The van der Waals surface area contributed by atoms with Crippen molar-refractivity contribution >= 4 is 5.78 Å². The minimum atomic E-state index is -0.177. The van der Waals surface area contributed by atoms with Crippen molar-refractivity contribution in [3.8, 4) is 0 Å². The summed E-state index contributed by atoms with van der Waals surface area (Å²) in [7, 11) is 0. The summed E-state index contributed by atoms with van der Waals surface area (Å²) in [6, 6.07) is 6.78. The van der Waals surface area contributed by atoms with Crippen molar-refractivity contribution in [1.29, 1.82) is 0 Å². The zero-order valence-electron chi connectivity index (χ0n) is 10.3. The van der Waals surface area contributed by atoms with Crippen LogP contribution in [0, 0.1) is 5.82 Å². The van der Waals surface area contributed by atoms with Crippen LogP contribution in [0.4, 0.5) is 4.39 Å². The molecule has 0 radical (unpaired) electrons. The van der Waals surface area contributed by atoms with Gasteiger partial charge in [0.05, 0.1) is 11.9 Å². The number of halogens is 1. The zero-order chi connectivity index (χ0) is 13.2. The van der Waals surface area contributed by atoms with Crippen molar-refractivity contribution in [2.24, 2.45) is 5.73 Å². The summed E-state index contributed by atoms with van der Waals surface area (Å²) < 4.78 is 15.2. The third-order valence-electron chi connectivity index (χ3n) is 3.02. The number of nitrogens with zero attached hydrogens (tertiary/aromatic N) is 3. The number of benzene rings is 1. The number of hydrogen-bond donors (Lipinski definition) is 2. The average Bonchev–Trinajstić information content (AvgIpc) is 2.95. The summed E-state index contributed by atoms with van der Waals surface area (Å²) in [5.41, 5.74) is 6.99. The van der Waals surface area contributed by atoms with Gasteiger partial charge in [-0.15, -0.1) is 0 Å². The van der Waals surface area contributed by atoms with E-state index in [-0.39, 0.29) is 5.82 Å². The van der Waals surface area contributed by atoms with Gasteiger partial charge in [0.1, 0.15) is 11.6 Å². The minimum Gasteiger partial charge on any atom is -0.325 e. The lowest BCUT2D eigenvalue weighted by Gasteiger charge is -2.00. The summed E-state index contributed by atoms with van der Waals surface area (Å²) in [5.74, 6) is 1.21. The molecule has 0 unspecified atom stereocenters. The summed E-state index contributed by atoms with van der Waals surface area (Å²) in [4.78, 5) is 8.59. The molecule has 19 heavy (non-hydrogen) atoms. The molecular weight excluding hydrogens is 245 g/mol. The normalized spacial score (nSPS) is 11.3. The fourth-order valence-corrected chi connectivity index (χ4v) is 2.03. The number of nitrogens with two attached hydrogens (primary N) is 1. The molecule has 0 aliphatic rings. The molecule has 3 N–H and O–H groups in total. The number of nitrogens with one attached hydrogen (secondary N) is 1. The second-order valence-electron chi connectivity index (χ2n) is 4.37. The van der Waals surface area contributed by atoms with E-state index in [9.17, 15) is 4.39 Å². The molecule has 0 fully saturated rings. The van der Waals surface area contributed by atoms with Crippen LogP contribution in [0.3, 0.4) is 0 Å². The lowest BCUT2D eigenvalue weighted by molar-refractivity contribution is 0.607. The molecule has 98 valence electrons. The van der Waals surface area contributed by atoms with Crippen molar-refractivity contribution in [1.82, 2.24) is 19.6 Å². The molecule has 3 aromatic rings. The summed E-state index contributed by atoms with van der Waals surface area (Å²) in [5, 5.41) is 3.11. The number of aromatic amines is 1. The molecule has 6 heteroatoms. The topological polar surface area (TPSA) is 72.0 Å². The molecule has 2 heterocycles. The van der Waals surface area contributed by atoms with Gasteiger partial charge in [0.2, 0.25) is 0 Å². The maximum atomic E-state index is 13.5. The first-order valence-electron chi connectivity index (χ1n) is 6.12. The van der Waals surface area contributed by atoms with Crippen LogP contribution < -0.4 is 5.73 Å². The Hall–Kier alpha value is -2.21. The maximum Gasteiger partial charge on any atom is 0.250 e. The van der Waals surface area contributed by atoms with Gasteiger partial charge in [-0.2, -0.15) is 4.98 Å². The van der Waals surface area contributed by atoms with Crippen molar-refractivity contribution in [2.75, 3.05) is 0 Å². The Bertz CT molecular complexity index is 668. The summed E-state index contributed by atoms with van der Waals surface area (Å²) in [6.07, 6.45) is 3.06. The zero-order valence-corrected chi connectivity index (χ0v) is 10.3. The third-order valence-corrected chi connectivity index (χ3v) is 3.02. The van der Waals surface area contributed by atoms with Crippen LogP contribution in [0.1, 0.15) is 17.1 Å². The first-order valence-corrected chi connectivity index (χ1v) is 6.12. The second kappa shape index (κ2) is 4.81. The lowest BCUT2D eigenvalue weighted by atomic mass is 10.1. The van der Waals surface area contributed by atoms with E-state index in [0.29, 0.717) is 30.7 Å². The molecule has 0 aliphatic carbocycles. The maximum absolute atomic E-state index is 13.5. The summed E-state index contributed by atoms with van der Waals surface area (Å²) in [6.45, 7) is 0.391. The minimum absolute atomic E-state index is 0.177. The molecule has 0 atom stereocenters. The van der Waals surface area contributed by atoms with E-state index in [1.165, 1.54) is 6.07 Å².